The van der Waals surface area contributed by atoms with Gasteiger partial charge in [-0.1, -0.05) is 24.3 Å². The molecule has 1 N–H and O–H groups in total. The summed E-state index contributed by atoms with van der Waals surface area (Å²) >= 11 is 0. The summed E-state index contributed by atoms with van der Waals surface area (Å²) in [6.07, 6.45) is 7.31. The Kier molecular flexibility index (Phi) is 8.12. The molecule has 0 unspecified atom stereocenters. The van der Waals surface area contributed by atoms with Crippen molar-refractivity contribution < 1.29 is 14.3 Å². The van der Waals surface area contributed by atoms with Crippen LogP contribution in [0.1, 0.15) is 28.2 Å². The van der Waals surface area contributed by atoms with Crippen LogP contribution in [0.5, 0.6) is 11.5 Å². The Morgan fingerprint density at radius 1 is 1.11 bits per heavy atom. The van der Waals surface area contributed by atoms with Crippen LogP contribution < -0.4 is 14.8 Å². The quantitative estimate of drug-likeness (QED) is 0.242. The predicted molar refractivity (Wildman–Crippen MR) is 137 cm³/mol. The number of allylic oxidation sites excluding steroid dienone is 1. The summed E-state index contributed by atoms with van der Waals surface area (Å²) < 4.78 is 13.7. The molecule has 7 nitrogen and oxygen atoms in total. The number of nitrogens with one attached hydrogen (secondary N) is 1. The third-order valence-electron chi connectivity index (χ3n) is 5.70. The Bertz CT molecular complexity index is 1280. The first-order valence-electron chi connectivity index (χ1n) is 11.7. The standard InChI is InChI=1S/C28H30N4O3/c1-3-7-21-10-11-25(26(20-21)34-2)35-19-6-18-32-24-9-5-4-8-23(24)31-27(32)14-17-30-28(33)22-12-15-29-16-13-22/h3-5,8-13,15-16,20H,1,6-7,14,17-19H2,2H3,(H,30,33). The van der Waals surface area contributed by atoms with Crippen molar-refractivity contribution >= 4 is 16.9 Å². The van der Waals surface area contributed by atoms with Gasteiger partial charge in [-0.3, -0.25) is 9.78 Å². The lowest BCUT2D eigenvalue weighted by molar-refractivity contribution is 0.0954. The zero-order valence-corrected chi connectivity index (χ0v) is 19.9. The van der Waals surface area contributed by atoms with Gasteiger partial charge >= 0.3 is 0 Å². The van der Waals surface area contributed by atoms with E-state index in [0.717, 1.165) is 53.3 Å². The third kappa shape index (κ3) is 6.06. The van der Waals surface area contributed by atoms with E-state index in [9.17, 15) is 4.79 Å². The summed E-state index contributed by atoms with van der Waals surface area (Å²) in [5, 5.41) is 2.97. The Morgan fingerprint density at radius 2 is 1.94 bits per heavy atom. The van der Waals surface area contributed by atoms with Gasteiger partial charge in [0.05, 0.1) is 24.8 Å². The van der Waals surface area contributed by atoms with Gasteiger partial charge in [-0.2, -0.15) is 0 Å². The molecule has 0 fully saturated rings. The minimum absolute atomic E-state index is 0.114. The van der Waals surface area contributed by atoms with E-state index in [-0.39, 0.29) is 5.91 Å². The Labute approximate surface area is 205 Å². The molecule has 0 aliphatic rings. The molecule has 2 heterocycles. The highest BCUT2D eigenvalue weighted by atomic mass is 16.5. The fourth-order valence-corrected chi connectivity index (χ4v) is 3.99. The number of hydrogen-bond donors (Lipinski definition) is 1. The van der Waals surface area contributed by atoms with Crippen molar-refractivity contribution in [1.29, 1.82) is 0 Å². The molecule has 7 heteroatoms. The van der Waals surface area contributed by atoms with Crippen molar-refractivity contribution in [2.45, 2.75) is 25.8 Å². The normalized spacial score (nSPS) is 10.8. The van der Waals surface area contributed by atoms with E-state index in [1.54, 1.807) is 31.6 Å². The molecule has 0 saturated heterocycles. The van der Waals surface area contributed by atoms with Crippen molar-refractivity contribution in [3.05, 3.63) is 96.6 Å². The largest absolute Gasteiger partial charge is 0.493 e. The smallest absolute Gasteiger partial charge is 0.251 e. The third-order valence-corrected chi connectivity index (χ3v) is 5.70. The van der Waals surface area contributed by atoms with Crippen molar-refractivity contribution in [1.82, 2.24) is 19.9 Å². The number of hydrogen-bond acceptors (Lipinski definition) is 5. The molecule has 0 atom stereocenters. The number of carbonyl (C=O) groups excluding carboxylic acids is 1. The number of methoxy groups -OCH3 is 1. The monoisotopic (exact) mass is 470 g/mol. The summed E-state index contributed by atoms with van der Waals surface area (Å²) in [6.45, 7) is 5.58. The highest BCUT2D eigenvalue weighted by Crippen LogP contribution is 2.28. The summed E-state index contributed by atoms with van der Waals surface area (Å²) in [6, 6.07) is 17.4. The lowest BCUT2D eigenvalue weighted by atomic mass is 10.1. The molecule has 2 aromatic heterocycles. The number of imidazole rings is 1. The van der Waals surface area contributed by atoms with Gasteiger partial charge in [0.2, 0.25) is 0 Å². The first-order valence-corrected chi connectivity index (χ1v) is 11.7. The van der Waals surface area contributed by atoms with Gasteiger partial charge in [0.15, 0.2) is 11.5 Å². The van der Waals surface area contributed by atoms with Crippen LogP contribution in [0.2, 0.25) is 0 Å². The number of aryl methyl sites for hydroxylation is 1. The number of nitrogens with zero attached hydrogens (tertiary/aromatic N) is 3. The number of carbonyl (C=O) groups is 1. The molecule has 0 aliphatic carbocycles. The van der Waals surface area contributed by atoms with Crippen molar-refractivity contribution in [3.8, 4) is 11.5 Å². The lowest BCUT2D eigenvalue weighted by Crippen LogP contribution is -2.26. The summed E-state index contributed by atoms with van der Waals surface area (Å²) in [7, 11) is 1.65. The summed E-state index contributed by atoms with van der Waals surface area (Å²) in [5.41, 5.74) is 3.76. The van der Waals surface area contributed by atoms with Gasteiger partial charge in [0, 0.05) is 37.5 Å². The number of amides is 1. The Balaban J connectivity index is 1.37. The summed E-state index contributed by atoms with van der Waals surface area (Å²) in [4.78, 5) is 21.1. The van der Waals surface area contributed by atoms with Crippen LogP contribution in [0.25, 0.3) is 11.0 Å². The second-order valence-electron chi connectivity index (χ2n) is 8.09. The molecule has 35 heavy (non-hydrogen) atoms. The van der Waals surface area contributed by atoms with E-state index < -0.39 is 0 Å². The number of pyridine rings is 1. The van der Waals surface area contributed by atoms with Crippen molar-refractivity contribution in [3.63, 3.8) is 0 Å². The molecule has 4 rings (SSSR count). The first kappa shape index (κ1) is 24.0. The van der Waals surface area contributed by atoms with E-state index in [2.05, 4.69) is 27.5 Å². The van der Waals surface area contributed by atoms with Gasteiger partial charge in [-0.15, -0.1) is 6.58 Å². The average Bonchev–Trinajstić information content (AvgIpc) is 3.25. The van der Waals surface area contributed by atoms with Gasteiger partial charge < -0.3 is 19.4 Å². The van der Waals surface area contributed by atoms with Crippen LogP contribution in [0.3, 0.4) is 0 Å². The first-order chi connectivity index (χ1) is 17.2. The Morgan fingerprint density at radius 3 is 2.74 bits per heavy atom. The van der Waals surface area contributed by atoms with Gasteiger partial charge in [-0.05, 0) is 54.8 Å². The number of benzene rings is 2. The van der Waals surface area contributed by atoms with Crippen LogP contribution >= 0.6 is 0 Å². The number of aromatic nitrogens is 3. The second kappa shape index (κ2) is 11.8. The molecule has 1 amide bonds. The maximum atomic E-state index is 12.3. The van der Waals surface area contributed by atoms with Crippen LogP contribution in [-0.2, 0) is 19.4 Å². The van der Waals surface area contributed by atoms with Crippen LogP contribution in [0.15, 0.2) is 79.6 Å². The molecule has 0 saturated carbocycles. The summed E-state index contributed by atoms with van der Waals surface area (Å²) in [5.74, 6) is 2.28. The Hall–Kier alpha value is -4.13. The molecule has 0 aliphatic heterocycles. The highest BCUT2D eigenvalue weighted by Gasteiger charge is 2.12. The van der Waals surface area contributed by atoms with Crippen molar-refractivity contribution in [2.24, 2.45) is 0 Å². The van der Waals surface area contributed by atoms with E-state index in [1.807, 2.05) is 42.5 Å². The van der Waals surface area contributed by atoms with Crippen LogP contribution in [0, 0.1) is 0 Å². The minimum Gasteiger partial charge on any atom is -0.493 e. The number of para-hydroxylation sites is 2. The van der Waals surface area contributed by atoms with Crippen LogP contribution in [-0.4, -0.2) is 40.7 Å². The molecule has 180 valence electrons. The SMILES string of the molecule is C=CCc1ccc(OCCCn2c(CCNC(=O)c3ccncc3)nc3ccccc32)c(OC)c1. The minimum atomic E-state index is -0.114. The maximum absolute atomic E-state index is 12.3. The molecule has 2 aromatic carbocycles. The second-order valence-corrected chi connectivity index (χ2v) is 8.09. The van der Waals surface area contributed by atoms with Gasteiger partial charge in [-0.25, -0.2) is 4.98 Å². The van der Waals surface area contributed by atoms with Gasteiger partial charge in [0.1, 0.15) is 5.82 Å². The van der Waals surface area contributed by atoms with Crippen molar-refractivity contribution in [2.75, 3.05) is 20.3 Å². The fraction of sp³-hybridized carbons (Fsp3) is 0.250. The molecule has 0 bridgehead atoms. The topological polar surface area (TPSA) is 78.3 Å². The molecular weight excluding hydrogens is 440 g/mol. The molecule has 0 radical (unpaired) electrons. The van der Waals surface area contributed by atoms with E-state index in [4.69, 9.17) is 14.5 Å². The molecule has 0 spiro atoms. The zero-order chi connectivity index (χ0) is 24.5. The zero-order valence-electron chi connectivity index (χ0n) is 19.9. The highest BCUT2D eigenvalue weighted by molar-refractivity contribution is 5.93. The van der Waals surface area contributed by atoms with Gasteiger partial charge in [0.25, 0.3) is 5.91 Å². The van der Waals surface area contributed by atoms with E-state index >= 15 is 0 Å². The average molecular weight is 471 g/mol. The number of fused-ring (bicyclic) bond motifs is 1. The fourth-order valence-electron chi connectivity index (χ4n) is 3.99. The van der Waals surface area contributed by atoms with E-state index in [0.29, 0.717) is 25.1 Å². The number of rotatable bonds is 12. The predicted octanol–water partition coefficient (Wildman–Crippen LogP) is 4.61. The molecular formula is C28H30N4O3. The lowest BCUT2D eigenvalue weighted by Gasteiger charge is -2.13. The number of ether oxygens (including phenoxy) is 2. The molecule has 4 aromatic rings. The van der Waals surface area contributed by atoms with E-state index in [1.165, 1.54) is 0 Å². The van der Waals surface area contributed by atoms with Crippen LogP contribution in [0.4, 0.5) is 0 Å². The maximum Gasteiger partial charge on any atom is 0.251 e.